The van der Waals surface area contributed by atoms with E-state index < -0.39 is 0 Å². The van der Waals surface area contributed by atoms with Crippen molar-refractivity contribution in [2.24, 2.45) is 0 Å². The molecule has 0 spiro atoms. The number of aryl methyl sites for hydroxylation is 1. The summed E-state index contributed by atoms with van der Waals surface area (Å²) in [5, 5.41) is 2.88. The number of thiophene rings is 1. The Labute approximate surface area is 209 Å². The van der Waals surface area contributed by atoms with E-state index in [0.717, 1.165) is 26.6 Å². The average Bonchev–Trinajstić information content (AvgIpc) is 3.54. The minimum atomic E-state index is -0.00708. The van der Waals surface area contributed by atoms with Crippen LogP contribution in [-0.2, 0) is 0 Å². The van der Waals surface area contributed by atoms with Crippen LogP contribution in [0.15, 0.2) is 59.4 Å². The lowest BCUT2D eigenvalue weighted by Gasteiger charge is -2.14. The van der Waals surface area contributed by atoms with E-state index in [-0.39, 0.29) is 5.78 Å². The van der Waals surface area contributed by atoms with Crippen molar-refractivity contribution in [1.82, 2.24) is 4.98 Å². The summed E-state index contributed by atoms with van der Waals surface area (Å²) in [6, 6.07) is 14.6. The highest BCUT2D eigenvalue weighted by Crippen LogP contribution is 2.47. The van der Waals surface area contributed by atoms with Crippen LogP contribution < -0.4 is 9.47 Å². The van der Waals surface area contributed by atoms with Gasteiger partial charge in [-0.3, -0.25) is 4.79 Å². The lowest BCUT2D eigenvalue weighted by atomic mass is 10.00. The predicted octanol–water partition coefficient (Wildman–Crippen LogP) is 7.43. The molecule has 2 aromatic heterocycles. The number of aromatic nitrogens is 1. The molecule has 0 atom stereocenters. The monoisotopic (exact) mass is 513 g/mol. The van der Waals surface area contributed by atoms with Crippen molar-refractivity contribution in [2.75, 3.05) is 13.2 Å². The SMILES string of the molecule is Cc1scnc1C1=C(c2cccs2)C(=O)c2cccc(OCCOc3ccc(Cl)c(Cl)c3)c21. The number of Topliss-reactive ketones (excluding diaryl/α,β-unsaturated/α-hetero) is 1. The van der Waals surface area contributed by atoms with E-state index in [2.05, 4.69) is 4.98 Å². The average molecular weight is 514 g/mol. The molecular weight excluding hydrogens is 497 g/mol. The highest BCUT2D eigenvalue weighted by molar-refractivity contribution is 7.12. The van der Waals surface area contributed by atoms with E-state index in [1.807, 2.05) is 42.6 Å². The number of ether oxygens (including phenoxy) is 2. The third-order valence-electron chi connectivity index (χ3n) is 5.25. The Hall–Kier alpha value is -2.64. The molecule has 0 amide bonds. The summed E-state index contributed by atoms with van der Waals surface area (Å²) in [7, 11) is 0. The molecule has 0 aliphatic heterocycles. The van der Waals surface area contributed by atoms with E-state index in [4.69, 9.17) is 32.7 Å². The molecule has 0 N–H and O–H groups in total. The molecule has 33 heavy (non-hydrogen) atoms. The molecular formula is C25H17Cl2NO3S2. The maximum absolute atomic E-state index is 13.5. The molecule has 4 nitrogen and oxygen atoms in total. The van der Waals surface area contributed by atoms with Gasteiger partial charge in [0.1, 0.15) is 24.7 Å². The number of carbonyl (C=O) groups is 1. The van der Waals surface area contributed by atoms with Crippen molar-refractivity contribution < 1.29 is 14.3 Å². The normalized spacial score (nSPS) is 12.9. The summed E-state index contributed by atoms with van der Waals surface area (Å²) in [6.45, 7) is 2.62. The number of ketones is 1. The van der Waals surface area contributed by atoms with Crippen LogP contribution in [0.3, 0.4) is 0 Å². The lowest BCUT2D eigenvalue weighted by molar-refractivity contribution is 0.105. The van der Waals surface area contributed by atoms with Crippen LogP contribution in [0.2, 0.25) is 10.0 Å². The maximum atomic E-state index is 13.5. The Morgan fingerprint density at radius 1 is 0.939 bits per heavy atom. The van der Waals surface area contributed by atoms with Gasteiger partial charge in [0.05, 0.1) is 21.2 Å². The fourth-order valence-corrected chi connectivity index (χ4v) is 5.43. The molecule has 166 valence electrons. The topological polar surface area (TPSA) is 48.4 Å². The number of hydrogen-bond acceptors (Lipinski definition) is 6. The van der Waals surface area contributed by atoms with Crippen LogP contribution in [0.25, 0.3) is 11.1 Å². The third kappa shape index (κ3) is 4.20. The van der Waals surface area contributed by atoms with Gasteiger partial charge >= 0.3 is 0 Å². The van der Waals surface area contributed by atoms with Gasteiger partial charge in [-0.1, -0.05) is 41.4 Å². The molecule has 2 aromatic carbocycles. The van der Waals surface area contributed by atoms with Gasteiger partial charge in [-0.2, -0.15) is 0 Å². The van der Waals surface area contributed by atoms with Crippen molar-refractivity contribution >= 4 is 62.8 Å². The first-order valence-corrected chi connectivity index (χ1v) is 12.6. The van der Waals surface area contributed by atoms with E-state index >= 15 is 0 Å². The van der Waals surface area contributed by atoms with Crippen molar-refractivity contribution in [1.29, 1.82) is 0 Å². The second-order valence-corrected chi connectivity index (χ2v) is 10.1. The van der Waals surface area contributed by atoms with Crippen LogP contribution >= 0.6 is 45.9 Å². The lowest BCUT2D eigenvalue weighted by Crippen LogP contribution is -2.10. The van der Waals surface area contributed by atoms with Crippen LogP contribution in [0.5, 0.6) is 11.5 Å². The molecule has 0 radical (unpaired) electrons. The highest BCUT2D eigenvalue weighted by atomic mass is 35.5. The number of nitrogens with zero attached hydrogens (tertiary/aromatic N) is 1. The standard InChI is InChI=1S/C25H17Cl2NO3S2/c1-14-24(28-13-33-14)23-21-16(25(29)22(23)20-6-3-11-32-20)4-2-5-19(21)31-10-9-30-15-7-8-17(26)18(27)12-15/h2-8,11-13H,9-10H2,1H3. The van der Waals surface area contributed by atoms with E-state index in [1.165, 1.54) is 0 Å². The maximum Gasteiger partial charge on any atom is 0.195 e. The summed E-state index contributed by atoms with van der Waals surface area (Å²) in [6.07, 6.45) is 0. The fraction of sp³-hybridized carbons (Fsp3) is 0.120. The number of thiazole rings is 1. The zero-order chi connectivity index (χ0) is 22.9. The molecule has 8 heteroatoms. The third-order valence-corrected chi connectivity index (χ3v) is 7.63. The molecule has 0 saturated heterocycles. The summed E-state index contributed by atoms with van der Waals surface area (Å²) >= 11 is 15.1. The Bertz CT molecular complexity index is 1380. The van der Waals surface area contributed by atoms with Crippen LogP contribution in [0.4, 0.5) is 0 Å². The first-order chi connectivity index (χ1) is 16.0. The van der Waals surface area contributed by atoms with Gasteiger partial charge in [0.15, 0.2) is 5.78 Å². The number of rotatable bonds is 7. The van der Waals surface area contributed by atoms with Gasteiger partial charge in [-0.15, -0.1) is 22.7 Å². The first kappa shape index (κ1) is 22.2. The van der Waals surface area contributed by atoms with Crippen LogP contribution in [0, 0.1) is 6.92 Å². The number of halogens is 2. The number of carbonyl (C=O) groups excluding carboxylic acids is 1. The van der Waals surface area contributed by atoms with E-state index in [1.54, 1.807) is 46.4 Å². The second-order valence-electron chi connectivity index (χ2n) is 7.27. The van der Waals surface area contributed by atoms with Crippen LogP contribution in [-0.4, -0.2) is 24.0 Å². The largest absolute Gasteiger partial charge is 0.490 e. The van der Waals surface area contributed by atoms with E-state index in [9.17, 15) is 4.79 Å². The number of hydrogen-bond donors (Lipinski definition) is 0. The fourth-order valence-electron chi connectivity index (χ4n) is 3.79. The van der Waals surface area contributed by atoms with Crippen molar-refractivity contribution in [3.63, 3.8) is 0 Å². The number of allylic oxidation sites excluding steroid dienone is 1. The predicted molar refractivity (Wildman–Crippen MR) is 135 cm³/mol. The number of benzene rings is 2. The first-order valence-electron chi connectivity index (χ1n) is 10.1. The molecule has 5 rings (SSSR count). The summed E-state index contributed by atoms with van der Waals surface area (Å²) < 4.78 is 11.9. The molecule has 1 aliphatic rings. The Balaban J connectivity index is 1.46. The summed E-state index contributed by atoms with van der Waals surface area (Å²) in [5.41, 5.74) is 5.55. The quantitative estimate of drug-likeness (QED) is 0.241. The van der Waals surface area contributed by atoms with Crippen LogP contribution in [0.1, 0.15) is 31.4 Å². The van der Waals surface area contributed by atoms with E-state index in [0.29, 0.717) is 45.9 Å². The molecule has 1 aliphatic carbocycles. The molecule has 0 saturated carbocycles. The molecule has 2 heterocycles. The zero-order valence-corrected chi connectivity index (χ0v) is 20.6. The molecule has 0 fully saturated rings. The second kappa shape index (κ2) is 9.31. The van der Waals surface area contributed by atoms with Crippen molar-refractivity contribution in [3.05, 3.63) is 96.0 Å². The van der Waals surface area contributed by atoms with Gasteiger partial charge < -0.3 is 9.47 Å². The number of fused-ring (bicyclic) bond motifs is 1. The highest BCUT2D eigenvalue weighted by Gasteiger charge is 2.35. The van der Waals surface area contributed by atoms with Gasteiger partial charge in [-0.05, 0) is 36.6 Å². The van der Waals surface area contributed by atoms with Gasteiger partial charge in [-0.25, -0.2) is 4.98 Å². The zero-order valence-electron chi connectivity index (χ0n) is 17.4. The molecule has 0 bridgehead atoms. The summed E-state index contributed by atoms with van der Waals surface area (Å²) in [4.78, 5) is 20.0. The minimum Gasteiger partial charge on any atom is -0.490 e. The van der Waals surface area contributed by atoms with Gasteiger partial charge in [0.2, 0.25) is 0 Å². The van der Waals surface area contributed by atoms with Gasteiger partial charge in [0.25, 0.3) is 0 Å². The Morgan fingerprint density at radius 3 is 2.52 bits per heavy atom. The Kier molecular flexibility index (Phi) is 6.25. The van der Waals surface area contributed by atoms with Crippen molar-refractivity contribution in [3.8, 4) is 11.5 Å². The summed E-state index contributed by atoms with van der Waals surface area (Å²) in [5.74, 6) is 1.24. The van der Waals surface area contributed by atoms with Crippen molar-refractivity contribution in [2.45, 2.75) is 6.92 Å². The smallest absolute Gasteiger partial charge is 0.195 e. The Morgan fingerprint density at radius 2 is 1.79 bits per heavy atom. The minimum absolute atomic E-state index is 0.00708. The molecule has 0 unspecified atom stereocenters. The molecule has 4 aromatic rings. The van der Waals surface area contributed by atoms with Gasteiger partial charge in [0, 0.05) is 38.1 Å².